The van der Waals surface area contributed by atoms with Gasteiger partial charge in [-0.05, 0) is 5.56 Å². The first-order chi connectivity index (χ1) is 11.8. The summed E-state index contributed by atoms with van der Waals surface area (Å²) >= 11 is 0. The van der Waals surface area contributed by atoms with Gasteiger partial charge in [0.1, 0.15) is 12.4 Å². The number of nitrogens with zero attached hydrogens (tertiary/aromatic N) is 2. The average Bonchev–Trinajstić information content (AvgIpc) is 3.00. The normalized spacial score (nSPS) is 14.1. The molecule has 0 aliphatic carbocycles. The van der Waals surface area contributed by atoms with Crippen LogP contribution in [0.15, 0.2) is 42.7 Å². The number of hydrogen-bond donors (Lipinski definition) is 1. The highest BCUT2D eigenvalue weighted by Crippen LogP contribution is 2.24. The van der Waals surface area contributed by atoms with E-state index in [9.17, 15) is 18.0 Å². The van der Waals surface area contributed by atoms with Crippen LogP contribution in [0.1, 0.15) is 24.4 Å². The van der Waals surface area contributed by atoms with E-state index in [0.29, 0.717) is 0 Å². The maximum Gasteiger partial charge on any atom is 0.406 e. The van der Waals surface area contributed by atoms with Gasteiger partial charge in [-0.25, -0.2) is 4.98 Å². The Morgan fingerprint density at radius 1 is 1.32 bits per heavy atom. The van der Waals surface area contributed by atoms with Crippen molar-refractivity contribution < 1.29 is 22.7 Å². The number of carbonyl (C=O) groups excluding carboxylic acids is 1. The molecule has 2 rings (SSSR count). The number of benzene rings is 1. The summed E-state index contributed by atoms with van der Waals surface area (Å²) in [6.07, 6.45) is -1.72. The number of nitrogens with one attached hydrogen (secondary N) is 1. The van der Waals surface area contributed by atoms with Gasteiger partial charge in [-0.3, -0.25) is 4.79 Å². The molecule has 0 bridgehead atoms. The summed E-state index contributed by atoms with van der Waals surface area (Å²) in [7, 11) is 1.30. The predicted octanol–water partition coefficient (Wildman–Crippen LogP) is 3.09. The summed E-state index contributed by atoms with van der Waals surface area (Å²) in [5.41, 5.74) is 0.842. The zero-order valence-electron chi connectivity index (χ0n) is 14.0. The van der Waals surface area contributed by atoms with E-state index in [1.807, 2.05) is 30.3 Å². The maximum atomic E-state index is 12.6. The minimum atomic E-state index is -4.33. The largest absolute Gasteiger partial charge is 0.469 e. The summed E-state index contributed by atoms with van der Waals surface area (Å²) in [5.74, 6) is -0.672. The lowest BCUT2D eigenvalue weighted by Gasteiger charge is -2.24. The number of carbonyl (C=O) groups is 1. The fourth-order valence-electron chi connectivity index (χ4n) is 2.61. The van der Waals surface area contributed by atoms with Crippen LogP contribution >= 0.6 is 0 Å². The van der Waals surface area contributed by atoms with Crippen molar-refractivity contribution in [3.8, 4) is 0 Å². The maximum absolute atomic E-state index is 12.6. The third-order valence-corrected chi connectivity index (χ3v) is 3.86. The van der Waals surface area contributed by atoms with Crippen LogP contribution < -0.4 is 5.32 Å². The molecule has 25 heavy (non-hydrogen) atoms. The second-order valence-electron chi connectivity index (χ2n) is 5.67. The lowest BCUT2D eigenvalue weighted by atomic mass is 9.94. The molecular formula is C17H20F3N3O2. The molecule has 1 aromatic carbocycles. The van der Waals surface area contributed by atoms with Crippen molar-refractivity contribution in [3.63, 3.8) is 0 Å². The third-order valence-electron chi connectivity index (χ3n) is 3.86. The van der Waals surface area contributed by atoms with Gasteiger partial charge in [0.25, 0.3) is 0 Å². The fraction of sp³-hybridized carbons (Fsp3) is 0.412. The summed E-state index contributed by atoms with van der Waals surface area (Å²) < 4.78 is 43.7. The van der Waals surface area contributed by atoms with Crippen molar-refractivity contribution in [3.05, 3.63) is 54.1 Å². The highest BCUT2D eigenvalue weighted by molar-refractivity contribution is 5.73. The number of alkyl halides is 3. The minimum Gasteiger partial charge on any atom is -0.469 e. The zero-order valence-corrected chi connectivity index (χ0v) is 14.0. The third kappa shape index (κ3) is 5.32. The van der Waals surface area contributed by atoms with Crippen molar-refractivity contribution >= 4 is 5.97 Å². The number of halogens is 3. The van der Waals surface area contributed by atoms with Crippen LogP contribution in [0, 0.1) is 5.92 Å². The summed E-state index contributed by atoms with van der Waals surface area (Å²) in [5, 5.41) is 3.13. The Morgan fingerprint density at radius 3 is 2.60 bits per heavy atom. The SMILES string of the molecule is COC(=O)[C@@H](C)[C@@H](NCc1nccn1CC(F)(F)F)c1ccccc1. The lowest BCUT2D eigenvalue weighted by Crippen LogP contribution is -2.33. The van der Waals surface area contributed by atoms with Crippen LogP contribution in [0.4, 0.5) is 13.2 Å². The van der Waals surface area contributed by atoms with Crippen LogP contribution in [-0.4, -0.2) is 28.8 Å². The molecule has 8 heteroatoms. The van der Waals surface area contributed by atoms with Crippen LogP contribution in [0.25, 0.3) is 0 Å². The van der Waals surface area contributed by atoms with E-state index in [-0.39, 0.29) is 12.4 Å². The number of ether oxygens (including phenoxy) is 1. The molecule has 0 aliphatic rings. The van der Waals surface area contributed by atoms with Gasteiger partial charge in [0, 0.05) is 18.4 Å². The number of imidazole rings is 1. The zero-order chi connectivity index (χ0) is 18.4. The van der Waals surface area contributed by atoms with Crippen molar-refractivity contribution in [1.82, 2.24) is 14.9 Å². The Bertz CT molecular complexity index is 686. The van der Waals surface area contributed by atoms with E-state index in [4.69, 9.17) is 4.74 Å². The van der Waals surface area contributed by atoms with E-state index in [1.54, 1.807) is 6.92 Å². The molecule has 0 saturated carbocycles. The molecule has 0 saturated heterocycles. The molecule has 5 nitrogen and oxygen atoms in total. The van der Waals surface area contributed by atoms with E-state index in [1.165, 1.54) is 19.5 Å². The Labute approximate surface area is 143 Å². The van der Waals surface area contributed by atoms with Crippen molar-refractivity contribution in [2.24, 2.45) is 5.92 Å². The van der Waals surface area contributed by atoms with Crippen LogP contribution in [0.5, 0.6) is 0 Å². The first-order valence-corrected chi connectivity index (χ1v) is 7.74. The van der Waals surface area contributed by atoms with E-state index >= 15 is 0 Å². The van der Waals surface area contributed by atoms with Gasteiger partial charge >= 0.3 is 12.1 Å². The predicted molar refractivity (Wildman–Crippen MR) is 85.5 cm³/mol. The molecular weight excluding hydrogens is 335 g/mol. The monoisotopic (exact) mass is 355 g/mol. The number of rotatable bonds is 7. The second-order valence-corrected chi connectivity index (χ2v) is 5.67. The molecule has 1 N–H and O–H groups in total. The molecule has 0 amide bonds. The van der Waals surface area contributed by atoms with E-state index in [2.05, 4.69) is 10.3 Å². The Kier molecular flexibility index (Phi) is 6.19. The molecule has 0 aliphatic heterocycles. The minimum absolute atomic E-state index is 0.0873. The first kappa shape index (κ1) is 19.0. The second kappa shape index (κ2) is 8.15. The topological polar surface area (TPSA) is 56.1 Å². The van der Waals surface area contributed by atoms with Crippen molar-refractivity contribution in [2.75, 3.05) is 7.11 Å². The molecule has 2 aromatic rings. The summed E-state index contributed by atoms with van der Waals surface area (Å²) in [6, 6.07) is 8.79. The molecule has 0 unspecified atom stereocenters. The highest BCUT2D eigenvalue weighted by Gasteiger charge is 2.30. The van der Waals surface area contributed by atoms with Gasteiger partial charge in [0.15, 0.2) is 0 Å². The van der Waals surface area contributed by atoms with Crippen molar-refractivity contribution in [1.29, 1.82) is 0 Å². The van der Waals surface area contributed by atoms with Crippen LogP contribution in [-0.2, 0) is 22.6 Å². The van der Waals surface area contributed by atoms with Gasteiger partial charge in [-0.1, -0.05) is 37.3 Å². The summed E-state index contributed by atoms with van der Waals surface area (Å²) in [4.78, 5) is 15.9. The summed E-state index contributed by atoms with van der Waals surface area (Å²) in [6.45, 7) is 0.690. The van der Waals surface area contributed by atoms with Crippen LogP contribution in [0.3, 0.4) is 0 Å². The smallest absolute Gasteiger partial charge is 0.406 e. The molecule has 136 valence electrons. The number of methoxy groups -OCH3 is 1. The Morgan fingerprint density at radius 2 is 2.00 bits per heavy atom. The molecule has 0 fully saturated rings. The molecule has 1 heterocycles. The molecule has 0 radical (unpaired) electrons. The number of hydrogen-bond acceptors (Lipinski definition) is 4. The Hall–Kier alpha value is -2.35. The van der Waals surface area contributed by atoms with Gasteiger partial charge in [0.2, 0.25) is 0 Å². The first-order valence-electron chi connectivity index (χ1n) is 7.74. The standard InChI is InChI=1S/C17H20F3N3O2/c1-12(16(24)25-2)15(13-6-4-3-5-7-13)22-10-14-21-8-9-23(14)11-17(18,19)20/h3-9,12,15,22H,10-11H2,1-2H3/t12-,15+/m0/s1. The van der Waals surface area contributed by atoms with Crippen LogP contribution in [0.2, 0.25) is 0 Å². The molecule has 1 aromatic heterocycles. The van der Waals surface area contributed by atoms with E-state index in [0.717, 1.165) is 10.1 Å². The van der Waals surface area contributed by atoms with E-state index < -0.39 is 30.7 Å². The number of esters is 1. The quantitative estimate of drug-likeness (QED) is 0.776. The van der Waals surface area contributed by atoms with Gasteiger partial charge < -0.3 is 14.6 Å². The number of aromatic nitrogens is 2. The molecule has 2 atom stereocenters. The molecule has 0 spiro atoms. The van der Waals surface area contributed by atoms with Crippen molar-refractivity contribution in [2.45, 2.75) is 32.2 Å². The van der Waals surface area contributed by atoms with Gasteiger partial charge in [-0.2, -0.15) is 13.2 Å². The lowest BCUT2D eigenvalue weighted by molar-refractivity contribution is -0.146. The highest BCUT2D eigenvalue weighted by atomic mass is 19.4. The van der Waals surface area contributed by atoms with Gasteiger partial charge in [-0.15, -0.1) is 0 Å². The average molecular weight is 355 g/mol. The van der Waals surface area contributed by atoms with Gasteiger partial charge in [0.05, 0.1) is 19.6 Å². The fourth-order valence-corrected chi connectivity index (χ4v) is 2.61. The Balaban J connectivity index is 2.16.